The Morgan fingerprint density at radius 1 is 1.32 bits per heavy atom. The summed E-state index contributed by atoms with van der Waals surface area (Å²) in [5.41, 5.74) is 0.751. The number of amides is 1. The highest BCUT2D eigenvalue weighted by Crippen LogP contribution is 2.16. The Morgan fingerprint density at radius 2 is 2.09 bits per heavy atom. The number of pyridine rings is 1. The van der Waals surface area contributed by atoms with Gasteiger partial charge >= 0.3 is 0 Å². The number of rotatable bonds is 3. The fourth-order valence-electron chi connectivity index (χ4n) is 2.58. The van der Waals surface area contributed by atoms with Gasteiger partial charge in [0.15, 0.2) is 0 Å². The van der Waals surface area contributed by atoms with Crippen LogP contribution in [0.25, 0.3) is 0 Å². The maximum Gasteiger partial charge on any atom is 0.241 e. The first kappa shape index (κ1) is 19.0. The van der Waals surface area contributed by atoms with E-state index < -0.39 is 0 Å². The summed E-state index contributed by atoms with van der Waals surface area (Å²) in [5.74, 6) is 0.966. The van der Waals surface area contributed by atoms with Crippen molar-refractivity contribution >= 4 is 42.2 Å². The number of hydrogen-bond donors (Lipinski definition) is 2. The van der Waals surface area contributed by atoms with E-state index in [2.05, 4.69) is 20.5 Å². The van der Waals surface area contributed by atoms with E-state index in [-0.39, 0.29) is 36.8 Å². The van der Waals surface area contributed by atoms with Crippen molar-refractivity contribution in [2.45, 2.75) is 18.9 Å². The molecule has 0 aromatic carbocycles. The molecule has 2 saturated heterocycles. The molecule has 1 aromatic heterocycles. The molecule has 2 fully saturated rings. The zero-order chi connectivity index (χ0) is 13.8. The van der Waals surface area contributed by atoms with Crippen LogP contribution in [0.15, 0.2) is 18.3 Å². The molecule has 6 nitrogen and oxygen atoms in total. The van der Waals surface area contributed by atoms with Gasteiger partial charge in [-0.25, -0.2) is 4.98 Å². The summed E-state index contributed by atoms with van der Waals surface area (Å²) >= 11 is 0. The largest absolute Gasteiger partial charge is 0.378 e. The average Bonchev–Trinajstić information content (AvgIpc) is 3.03. The lowest BCUT2D eigenvalue weighted by atomic mass is 10.2. The molecule has 2 N–H and O–H groups in total. The highest BCUT2D eigenvalue weighted by Gasteiger charge is 2.22. The molecule has 0 bridgehead atoms. The lowest BCUT2D eigenvalue weighted by Crippen LogP contribution is -2.37. The zero-order valence-corrected chi connectivity index (χ0v) is 13.9. The predicted molar refractivity (Wildman–Crippen MR) is 91.4 cm³/mol. The Bertz CT molecular complexity index is 460. The fraction of sp³-hybridized carbons (Fsp3) is 0.571. The molecule has 0 spiro atoms. The minimum absolute atomic E-state index is 0. The SMILES string of the molecule is Cl.Cl.O=C(Nc1ccc(N2CCOCC2)nc1)[C@@H]1CCCN1. The minimum atomic E-state index is -0.0612. The van der Waals surface area contributed by atoms with Crippen molar-refractivity contribution in [1.82, 2.24) is 10.3 Å². The lowest BCUT2D eigenvalue weighted by molar-refractivity contribution is -0.117. The maximum absolute atomic E-state index is 12.0. The second kappa shape index (κ2) is 9.15. The molecular weight excluding hydrogens is 327 g/mol. The number of nitrogens with one attached hydrogen (secondary N) is 2. The zero-order valence-electron chi connectivity index (χ0n) is 12.3. The van der Waals surface area contributed by atoms with E-state index in [0.717, 1.165) is 57.2 Å². The van der Waals surface area contributed by atoms with Crippen LogP contribution in [0.1, 0.15) is 12.8 Å². The number of morpholine rings is 1. The van der Waals surface area contributed by atoms with Gasteiger partial charge in [-0.15, -0.1) is 24.8 Å². The summed E-state index contributed by atoms with van der Waals surface area (Å²) in [7, 11) is 0. The van der Waals surface area contributed by atoms with Gasteiger partial charge in [0.05, 0.1) is 31.1 Å². The van der Waals surface area contributed by atoms with Crippen LogP contribution in [0, 0.1) is 0 Å². The monoisotopic (exact) mass is 348 g/mol. The van der Waals surface area contributed by atoms with E-state index in [9.17, 15) is 4.79 Å². The van der Waals surface area contributed by atoms with Crippen LogP contribution in [0.3, 0.4) is 0 Å². The van der Waals surface area contributed by atoms with Crippen LogP contribution in [0.2, 0.25) is 0 Å². The molecular formula is C14H22Cl2N4O2. The maximum atomic E-state index is 12.0. The normalized spacial score (nSPS) is 20.7. The molecule has 1 aromatic rings. The Labute approximate surface area is 142 Å². The summed E-state index contributed by atoms with van der Waals surface area (Å²) in [6.45, 7) is 4.14. The number of ether oxygens (including phenoxy) is 1. The van der Waals surface area contributed by atoms with Gasteiger partial charge in [0, 0.05) is 13.1 Å². The molecule has 0 unspecified atom stereocenters. The Hall–Kier alpha value is -1.08. The average molecular weight is 349 g/mol. The number of anilines is 2. The molecule has 0 saturated carbocycles. The lowest BCUT2D eigenvalue weighted by Gasteiger charge is -2.27. The van der Waals surface area contributed by atoms with Gasteiger partial charge < -0.3 is 20.3 Å². The number of hydrogen-bond acceptors (Lipinski definition) is 5. The van der Waals surface area contributed by atoms with Gasteiger partial charge in [0.25, 0.3) is 0 Å². The smallest absolute Gasteiger partial charge is 0.241 e. The summed E-state index contributed by atoms with van der Waals surface area (Å²) < 4.78 is 5.32. The molecule has 2 aliphatic rings. The van der Waals surface area contributed by atoms with Crippen molar-refractivity contribution < 1.29 is 9.53 Å². The Kier molecular flexibility index (Phi) is 7.89. The number of carbonyl (C=O) groups is 1. The first-order valence-electron chi connectivity index (χ1n) is 7.16. The van der Waals surface area contributed by atoms with Crippen molar-refractivity contribution in [3.05, 3.63) is 18.3 Å². The van der Waals surface area contributed by atoms with Gasteiger partial charge in [-0.1, -0.05) is 0 Å². The highest BCUT2D eigenvalue weighted by molar-refractivity contribution is 5.94. The third kappa shape index (κ3) is 4.71. The van der Waals surface area contributed by atoms with Gasteiger partial charge in [-0.3, -0.25) is 4.79 Å². The van der Waals surface area contributed by atoms with Crippen molar-refractivity contribution in [3.63, 3.8) is 0 Å². The molecule has 0 aliphatic carbocycles. The van der Waals surface area contributed by atoms with E-state index in [4.69, 9.17) is 4.74 Å². The topological polar surface area (TPSA) is 66.5 Å². The molecule has 22 heavy (non-hydrogen) atoms. The van der Waals surface area contributed by atoms with Gasteiger partial charge in [-0.05, 0) is 31.5 Å². The van der Waals surface area contributed by atoms with Gasteiger partial charge in [-0.2, -0.15) is 0 Å². The van der Waals surface area contributed by atoms with Gasteiger partial charge in [0.2, 0.25) is 5.91 Å². The Morgan fingerprint density at radius 3 is 2.68 bits per heavy atom. The van der Waals surface area contributed by atoms with Gasteiger partial charge in [0.1, 0.15) is 5.82 Å². The van der Waals surface area contributed by atoms with E-state index in [1.54, 1.807) is 6.20 Å². The van der Waals surface area contributed by atoms with Crippen LogP contribution in [0.5, 0.6) is 0 Å². The van der Waals surface area contributed by atoms with Crippen molar-refractivity contribution in [1.29, 1.82) is 0 Å². The van der Waals surface area contributed by atoms with Crippen molar-refractivity contribution in [3.8, 4) is 0 Å². The van der Waals surface area contributed by atoms with E-state index in [0.29, 0.717) is 0 Å². The summed E-state index contributed by atoms with van der Waals surface area (Å²) in [4.78, 5) is 18.6. The van der Waals surface area contributed by atoms with E-state index in [1.807, 2.05) is 12.1 Å². The van der Waals surface area contributed by atoms with Crippen molar-refractivity contribution in [2.24, 2.45) is 0 Å². The van der Waals surface area contributed by atoms with Crippen LogP contribution < -0.4 is 15.5 Å². The van der Waals surface area contributed by atoms with Crippen LogP contribution in [0.4, 0.5) is 11.5 Å². The van der Waals surface area contributed by atoms with Crippen LogP contribution in [-0.2, 0) is 9.53 Å². The molecule has 3 rings (SSSR count). The summed E-state index contributed by atoms with van der Waals surface area (Å²) in [5, 5.41) is 6.09. The van der Waals surface area contributed by atoms with E-state index in [1.165, 1.54) is 0 Å². The fourth-order valence-corrected chi connectivity index (χ4v) is 2.58. The second-order valence-corrected chi connectivity index (χ2v) is 5.14. The van der Waals surface area contributed by atoms with E-state index >= 15 is 0 Å². The number of halogens is 2. The number of carbonyl (C=O) groups excluding carboxylic acids is 1. The van der Waals surface area contributed by atoms with Crippen LogP contribution in [-0.4, -0.2) is 49.8 Å². The molecule has 1 atom stereocenters. The quantitative estimate of drug-likeness (QED) is 0.865. The van der Waals surface area contributed by atoms with Crippen LogP contribution >= 0.6 is 24.8 Å². The molecule has 3 heterocycles. The standard InChI is InChI=1S/C14H20N4O2.2ClH/c19-14(12-2-1-5-15-12)17-11-3-4-13(16-10-11)18-6-8-20-9-7-18;;/h3-4,10,12,15H,1-2,5-9H2,(H,17,19);2*1H/t12-;;/m0../s1. The molecule has 0 radical (unpaired) electrons. The third-order valence-electron chi connectivity index (χ3n) is 3.73. The Balaban J connectivity index is 0.00000121. The second-order valence-electron chi connectivity index (χ2n) is 5.14. The van der Waals surface area contributed by atoms with Crippen molar-refractivity contribution in [2.75, 3.05) is 43.1 Å². The first-order valence-corrected chi connectivity index (χ1v) is 7.16. The third-order valence-corrected chi connectivity index (χ3v) is 3.73. The predicted octanol–water partition coefficient (Wildman–Crippen LogP) is 1.45. The summed E-state index contributed by atoms with van der Waals surface area (Å²) in [6, 6.07) is 3.79. The molecule has 124 valence electrons. The number of aromatic nitrogens is 1. The minimum Gasteiger partial charge on any atom is -0.378 e. The molecule has 2 aliphatic heterocycles. The first-order chi connectivity index (χ1) is 9.83. The summed E-state index contributed by atoms with van der Waals surface area (Å²) in [6.07, 6.45) is 3.69. The highest BCUT2D eigenvalue weighted by atomic mass is 35.5. The molecule has 8 heteroatoms. The molecule has 1 amide bonds. The number of nitrogens with zero attached hydrogens (tertiary/aromatic N) is 2.